The van der Waals surface area contributed by atoms with Crippen molar-refractivity contribution >= 4 is 14.0 Å². The average Bonchev–Trinajstić information content (AvgIpc) is 2.29. The minimum Gasteiger partial charge on any atom is -0.481 e. The zero-order chi connectivity index (χ0) is 12.7. The number of hydrogen-bond acceptors (Lipinski definition) is 3. The fourth-order valence-corrected chi connectivity index (χ4v) is 2.54. The predicted molar refractivity (Wildman–Crippen MR) is 65.4 cm³/mol. The van der Waals surface area contributed by atoms with Gasteiger partial charge in [0.25, 0.3) is 0 Å². The summed E-state index contributed by atoms with van der Waals surface area (Å²) in [5, 5.41) is 9.07. The van der Waals surface area contributed by atoms with Crippen LogP contribution in [0, 0.1) is 5.92 Å². The largest absolute Gasteiger partial charge is 0.481 e. The Morgan fingerprint density at radius 1 is 1.41 bits per heavy atom. The quantitative estimate of drug-likeness (QED) is 0.761. The van der Waals surface area contributed by atoms with E-state index < -0.39 is 19.9 Å². The molecule has 4 nitrogen and oxygen atoms in total. The third-order valence-electron chi connectivity index (χ3n) is 2.32. The lowest BCUT2D eigenvalue weighted by molar-refractivity contribution is -0.140. The van der Waals surface area contributed by atoms with Crippen LogP contribution in [-0.2, 0) is 20.3 Å². The Balaban J connectivity index is 2.61. The number of carboxylic acids is 1. The van der Waals surface area contributed by atoms with Crippen LogP contribution in [-0.4, -0.2) is 23.8 Å². The predicted octanol–water partition coefficient (Wildman–Crippen LogP) is 2.71. The molecule has 0 heterocycles. The number of benzene rings is 1. The van der Waals surface area contributed by atoms with Gasteiger partial charge in [0.2, 0.25) is 8.03 Å². The Morgan fingerprint density at radius 3 is 2.59 bits per heavy atom. The maximum absolute atomic E-state index is 11.4. The standard InChI is InChI=1S/C12H16O4P/c1-2-16-17(15)9-11(12(13)14)8-10-6-4-3-5-7-10/h3-7,11H,2,8-9H2,1H3,(H,13,14). The molecular weight excluding hydrogens is 239 g/mol. The number of hydrogen-bond donors (Lipinski definition) is 1. The second kappa shape index (κ2) is 7.15. The molecule has 0 aromatic heterocycles. The molecule has 1 rings (SSSR count). The molecule has 1 N–H and O–H groups in total. The van der Waals surface area contributed by atoms with Gasteiger partial charge in [-0.25, -0.2) is 0 Å². The van der Waals surface area contributed by atoms with Crippen LogP contribution >= 0.6 is 8.03 Å². The first kappa shape index (κ1) is 13.8. The van der Waals surface area contributed by atoms with Gasteiger partial charge >= 0.3 is 5.97 Å². The summed E-state index contributed by atoms with van der Waals surface area (Å²) >= 11 is 0. The van der Waals surface area contributed by atoms with Gasteiger partial charge in [-0.15, -0.1) is 0 Å². The lowest BCUT2D eigenvalue weighted by Gasteiger charge is -2.11. The fourth-order valence-electron chi connectivity index (χ4n) is 1.51. The van der Waals surface area contributed by atoms with E-state index in [4.69, 9.17) is 9.63 Å². The summed E-state index contributed by atoms with van der Waals surface area (Å²) in [6.45, 7) is 2.08. The molecule has 0 aliphatic heterocycles. The van der Waals surface area contributed by atoms with Crippen molar-refractivity contribution in [1.82, 2.24) is 0 Å². The molecule has 0 aliphatic carbocycles. The van der Waals surface area contributed by atoms with Crippen LogP contribution in [0.4, 0.5) is 0 Å². The minimum atomic E-state index is -1.88. The summed E-state index contributed by atoms with van der Waals surface area (Å²) in [6.07, 6.45) is 0.442. The number of aliphatic carboxylic acids is 1. The molecule has 0 saturated heterocycles. The van der Waals surface area contributed by atoms with E-state index >= 15 is 0 Å². The average molecular weight is 255 g/mol. The van der Waals surface area contributed by atoms with Gasteiger partial charge in [0.1, 0.15) is 0 Å². The molecule has 0 saturated carbocycles. The molecule has 0 aliphatic rings. The van der Waals surface area contributed by atoms with E-state index in [0.29, 0.717) is 13.0 Å². The van der Waals surface area contributed by atoms with Crippen LogP contribution in [0.3, 0.4) is 0 Å². The molecule has 0 amide bonds. The first-order valence-corrected chi connectivity index (χ1v) is 6.84. The lowest BCUT2D eigenvalue weighted by atomic mass is 10.0. The van der Waals surface area contributed by atoms with Gasteiger partial charge < -0.3 is 9.63 Å². The van der Waals surface area contributed by atoms with Gasteiger partial charge in [-0.2, -0.15) is 0 Å². The zero-order valence-corrected chi connectivity index (χ0v) is 10.6. The molecule has 17 heavy (non-hydrogen) atoms. The van der Waals surface area contributed by atoms with Gasteiger partial charge in [0.05, 0.1) is 18.7 Å². The van der Waals surface area contributed by atoms with Crippen molar-refractivity contribution in [2.45, 2.75) is 13.3 Å². The van der Waals surface area contributed by atoms with Crippen LogP contribution in [0.2, 0.25) is 0 Å². The first-order chi connectivity index (χ1) is 8.13. The topological polar surface area (TPSA) is 63.6 Å². The van der Waals surface area contributed by atoms with Crippen molar-refractivity contribution in [3.63, 3.8) is 0 Å². The highest BCUT2D eigenvalue weighted by Crippen LogP contribution is 2.27. The van der Waals surface area contributed by atoms with E-state index in [1.54, 1.807) is 6.92 Å². The molecule has 1 aromatic carbocycles. The Kier molecular flexibility index (Phi) is 5.81. The Hall–Kier alpha value is -1.25. The van der Waals surface area contributed by atoms with Crippen molar-refractivity contribution in [2.24, 2.45) is 5.92 Å². The first-order valence-electron chi connectivity index (χ1n) is 5.47. The molecule has 93 valence electrons. The van der Waals surface area contributed by atoms with Crippen molar-refractivity contribution in [3.8, 4) is 0 Å². The lowest BCUT2D eigenvalue weighted by Crippen LogP contribution is -2.19. The summed E-state index contributed by atoms with van der Waals surface area (Å²) in [5.41, 5.74) is 0.930. The van der Waals surface area contributed by atoms with E-state index in [1.165, 1.54) is 0 Å². The maximum Gasteiger partial charge on any atom is 0.307 e. The number of carboxylic acid groups (broad SMARTS) is 1. The monoisotopic (exact) mass is 255 g/mol. The highest BCUT2D eigenvalue weighted by Gasteiger charge is 2.21. The van der Waals surface area contributed by atoms with Crippen LogP contribution in [0.5, 0.6) is 0 Å². The van der Waals surface area contributed by atoms with Crippen LogP contribution in [0.15, 0.2) is 30.3 Å². The van der Waals surface area contributed by atoms with E-state index in [-0.39, 0.29) is 6.16 Å². The molecule has 2 unspecified atom stereocenters. The number of rotatable bonds is 7. The van der Waals surface area contributed by atoms with E-state index in [9.17, 15) is 9.36 Å². The van der Waals surface area contributed by atoms with Crippen LogP contribution < -0.4 is 0 Å². The third-order valence-corrected chi connectivity index (χ3v) is 3.60. The summed E-state index contributed by atoms with van der Waals surface area (Å²) in [7, 11) is -1.88. The molecule has 0 fully saturated rings. The highest BCUT2D eigenvalue weighted by molar-refractivity contribution is 7.39. The highest BCUT2D eigenvalue weighted by atomic mass is 31.1. The van der Waals surface area contributed by atoms with Crippen molar-refractivity contribution < 1.29 is 19.0 Å². The SMILES string of the molecule is CCO[P](=O)CC(Cc1ccccc1)C(=O)O. The van der Waals surface area contributed by atoms with Crippen LogP contribution in [0.25, 0.3) is 0 Å². The van der Waals surface area contributed by atoms with Gasteiger partial charge in [0, 0.05) is 0 Å². The molecule has 0 bridgehead atoms. The molecule has 0 spiro atoms. The van der Waals surface area contributed by atoms with Crippen LogP contribution in [0.1, 0.15) is 12.5 Å². The summed E-state index contributed by atoms with van der Waals surface area (Å²) in [4.78, 5) is 11.1. The Labute approximate surface area is 101 Å². The normalized spacial score (nSPS) is 13.1. The van der Waals surface area contributed by atoms with E-state index in [0.717, 1.165) is 5.56 Å². The Morgan fingerprint density at radius 2 is 2.06 bits per heavy atom. The second-order valence-electron chi connectivity index (χ2n) is 3.66. The second-order valence-corrected chi connectivity index (χ2v) is 4.95. The van der Waals surface area contributed by atoms with Gasteiger partial charge in [-0.05, 0) is 18.9 Å². The molecule has 5 heteroatoms. The van der Waals surface area contributed by atoms with Crippen molar-refractivity contribution in [1.29, 1.82) is 0 Å². The maximum atomic E-state index is 11.4. The van der Waals surface area contributed by atoms with Gasteiger partial charge in [0.15, 0.2) is 0 Å². The van der Waals surface area contributed by atoms with Gasteiger partial charge in [-0.1, -0.05) is 30.3 Å². The molecule has 1 radical (unpaired) electrons. The van der Waals surface area contributed by atoms with E-state index in [1.807, 2.05) is 30.3 Å². The van der Waals surface area contributed by atoms with Gasteiger partial charge in [-0.3, -0.25) is 9.36 Å². The molecule has 1 aromatic rings. The third kappa shape index (κ3) is 5.07. The van der Waals surface area contributed by atoms with Crippen molar-refractivity contribution in [3.05, 3.63) is 35.9 Å². The summed E-state index contributed by atoms with van der Waals surface area (Å²) in [6, 6.07) is 9.32. The molecule has 2 atom stereocenters. The Bertz CT molecular complexity index is 377. The van der Waals surface area contributed by atoms with E-state index in [2.05, 4.69) is 0 Å². The summed E-state index contributed by atoms with van der Waals surface area (Å²) < 4.78 is 16.3. The molecular formula is C12H16O4P. The van der Waals surface area contributed by atoms with Crippen molar-refractivity contribution in [2.75, 3.05) is 12.8 Å². The summed E-state index contributed by atoms with van der Waals surface area (Å²) in [5.74, 6) is -1.59. The fraction of sp³-hybridized carbons (Fsp3) is 0.417. The minimum absolute atomic E-state index is 0.0629. The smallest absolute Gasteiger partial charge is 0.307 e. The zero-order valence-electron chi connectivity index (χ0n) is 9.70. The number of carbonyl (C=O) groups is 1.